The van der Waals surface area contributed by atoms with E-state index < -0.39 is 0 Å². The van der Waals surface area contributed by atoms with Crippen LogP contribution in [0.5, 0.6) is 0 Å². The summed E-state index contributed by atoms with van der Waals surface area (Å²) in [6, 6.07) is 0. The average Bonchev–Trinajstić information content (AvgIpc) is 2.31. The highest BCUT2D eigenvalue weighted by Gasteiger charge is 1.97. The van der Waals surface area contributed by atoms with Crippen LogP contribution in [0.2, 0.25) is 0 Å². The smallest absolute Gasteiger partial charge is 0.0447 e. The van der Waals surface area contributed by atoms with Crippen molar-refractivity contribution < 1.29 is 10.2 Å². The molecular formula is C13H27NO2. The van der Waals surface area contributed by atoms with Gasteiger partial charge in [-0.15, -0.1) is 0 Å². The molecule has 0 spiro atoms. The zero-order valence-corrected chi connectivity index (χ0v) is 10.6. The highest BCUT2D eigenvalue weighted by Crippen LogP contribution is 2.02. The molecule has 0 unspecified atom stereocenters. The molecule has 0 fully saturated rings. The summed E-state index contributed by atoms with van der Waals surface area (Å²) >= 11 is 0. The van der Waals surface area contributed by atoms with Gasteiger partial charge in [0.15, 0.2) is 0 Å². The topological polar surface area (TPSA) is 43.7 Å². The van der Waals surface area contributed by atoms with Crippen molar-refractivity contribution in [1.82, 2.24) is 4.90 Å². The van der Waals surface area contributed by atoms with E-state index in [1.807, 2.05) is 0 Å². The van der Waals surface area contributed by atoms with E-state index >= 15 is 0 Å². The quantitative estimate of drug-likeness (QED) is 0.534. The Morgan fingerprint density at radius 1 is 0.938 bits per heavy atom. The molecule has 16 heavy (non-hydrogen) atoms. The SMILES string of the molecule is CCCCCC=CN(CCCO)CCCO. The van der Waals surface area contributed by atoms with Crippen molar-refractivity contribution >= 4 is 0 Å². The van der Waals surface area contributed by atoms with Crippen molar-refractivity contribution in [3.05, 3.63) is 12.3 Å². The van der Waals surface area contributed by atoms with E-state index in [1.54, 1.807) is 0 Å². The molecule has 0 atom stereocenters. The van der Waals surface area contributed by atoms with Gasteiger partial charge >= 0.3 is 0 Å². The summed E-state index contributed by atoms with van der Waals surface area (Å²) in [6.45, 7) is 4.43. The van der Waals surface area contributed by atoms with Gasteiger partial charge < -0.3 is 15.1 Å². The number of aliphatic hydroxyl groups is 2. The van der Waals surface area contributed by atoms with Gasteiger partial charge in [0.1, 0.15) is 0 Å². The molecule has 0 rings (SSSR count). The number of nitrogens with zero attached hydrogens (tertiary/aromatic N) is 1. The van der Waals surface area contributed by atoms with Gasteiger partial charge in [-0.25, -0.2) is 0 Å². The van der Waals surface area contributed by atoms with Gasteiger partial charge in [0.05, 0.1) is 0 Å². The summed E-state index contributed by atoms with van der Waals surface area (Å²) in [5, 5.41) is 17.6. The first-order chi connectivity index (χ1) is 7.85. The number of aliphatic hydroxyl groups excluding tert-OH is 2. The maximum atomic E-state index is 8.78. The minimum Gasteiger partial charge on any atom is -0.396 e. The molecule has 96 valence electrons. The molecule has 3 nitrogen and oxygen atoms in total. The molecule has 0 amide bonds. The van der Waals surface area contributed by atoms with Crippen molar-refractivity contribution in [2.45, 2.75) is 45.4 Å². The first kappa shape index (κ1) is 15.5. The Balaban J connectivity index is 3.69. The summed E-state index contributed by atoms with van der Waals surface area (Å²) in [5.41, 5.74) is 0. The second kappa shape index (κ2) is 12.5. The van der Waals surface area contributed by atoms with Crippen LogP contribution in [0.3, 0.4) is 0 Å². The standard InChI is InChI=1S/C13H27NO2/c1-2-3-4-5-6-9-14(10-7-12-15)11-8-13-16/h6,9,15-16H,2-5,7-8,10-13H2,1H3. The van der Waals surface area contributed by atoms with Gasteiger partial charge in [-0.05, 0) is 31.9 Å². The second-order valence-corrected chi connectivity index (χ2v) is 4.07. The third kappa shape index (κ3) is 9.99. The highest BCUT2D eigenvalue weighted by molar-refractivity contribution is 4.82. The summed E-state index contributed by atoms with van der Waals surface area (Å²) in [5.74, 6) is 0. The molecule has 2 N–H and O–H groups in total. The minimum atomic E-state index is 0.235. The van der Waals surface area contributed by atoms with Crippen LogP contribution in [0.4, 0.5) is 0 Å². The van der Waals surface area contributed by atoms with E-state index in [-0.39, 0.29) is 13.2 Å². The lowest BCUT2D eigenvalue weighted by molar-refractivity contribution is 0.236. The fourth-order valence-corrected chi connectivity index (χ4v) is 1.54. The lowest BCUT2D eigenvalue weighted by Crippen LogP contribution is -2.21. The molecule has 0 aliphatic heterocycles. The second-order valence-electron chi connectivity index (χ2n) is 4.07. The van der Waals surface area contributed by atoms with E-state index in [0.29, 0.717) is 0 Å². The normalized spacial score (nSPS) is 11.2. The van der Waals surface area contributed by atoms with Crippen LogP contribution in [0.25, 0.3) is 0 Å². The predicted octanol–water partition coefficient (Wildman–Crippen LogP) is 2.15. The lowest BCUT2D eigenvalue weighted by Gasteiger charge is -2.19. The van der Waals surface area contributed by atoms with Gasteiger partial charge in [0, 0.05) is 26.3 Å². The van der Waals surface area contributed by atoms with Crippen molar-refractivity contribution in [3.8, 4) is 0 Å². The van der Waals surface area contributed by atoms with Gasteiger partial charge in [0.25, 0.3) is 0 Å². The Morgan fingerprint density at radius 3 is 2.06 bits per heavy atom. The van der Waals surface area contributed by atoms with Crippen molar-refractivity contribution in [1.29, 1.82) is 0 Å². The zero-order valence-electron chi connectivity index (χ0n) is 10.6. The summed E-state index contributed by atoms with van der Waals surface area (Å²) in [6.07, 6.45) is 10.8. The summed E-state index contributed by atoms with van der Waals surface area (Å²) in [7, 11) is 0. The fourth-order valence-electron chi connectivity index (χ4n) is 1.54. The van der Waals surface area contributed by atoms with Crippen molar-refractivity contribution in [3.63, 3.8) is 0 Å². The molecule has 0 aromatic carbocycles. The Morgan fingerprint density at radius 2 is 1.56 bits per heavy atom. The van der Waals surface area contributed by atoms with E-state index in [0.717, 1.165) is 32.4 Å². The molecule has 0 saturated carbocycles. The Kier molecular flexibility index (Phi) is 12.1. The molecule has 0 aliphatic rings. The Hall–Kier alpha value is -0.540. The number of hydrogen-bond donors (Lipinski definition) is 2. The molecule has 0 saturated heterocycles. The van der Waals surface area contributed by atoms with E-state index in [4.69, 9.17) is 10.2 Å². The highest BCUT2D eigenvalue weighted by atomic mass is 16.3. The van der Waals surface area contributed by atoms with Crippen molar-refractivity contribution in [2.24, 2.45) is 0 Å². The molecule has 0 aromatic heterocycles. The molecule has 0 aromatic rings. The monoisotopic (exact) mass is 229 g/mol. The van der Waals surface area contributed by atoms with Gasteiger partial charge in [0.2, 0.25) is 0 Å². The van der Waals surface area contributed by atoms with Crippen LogP contribution in [0.15, 0.2) is 12.3 Å². The van der Waals surface area contributed by atoms with Gasteiger partial charge in [-0.1, -0.05) is 25.8 Å². The van der Waals surface area contributed by atoms with Gasteiger partial charge in [-0.3, -0.25) is 0 Å². The zero-order chi connectivity index (χ0) is 12.1. The molecule has 0 radical (unpaired) electrons. The number of allylic oxidation sites excluding steroid dienone is 1. The molecule has 0 heterocycles. The lowest BCUT2D eigenvalue weighted by atomic mass is 10.2. The van der Waals surface area contributed by atoms with Crippen LogP contribution >= 0.6 is 0 Å². The molecule has 3 heteroatoms. The van der Waals surface area contributed by atoms with Crippen LogP contribution < -0.4 is 0 Å². The number of rotatable bonds is 11. The van der Waals surface area contributed by atoms with Crippen molar-refractivity contribution in [2.75, 3.05) is 26.3 Å². The predicted molar refractivity (Wildman–Crippen MR) is 68.3 cm³/mol. The largest absolute Gasteiger partial charge is 0.396 e. The first-order valence-corrected chi connectivity index (χ1v) is 6.47. The van der Waals surface area contributed by atoms with Crippen LogP contribution in [0, 0.1) is 0 Å². The third-order valence-electron chi connectivity index (χ3n) is 2.50. The average molecular weight is 229 g/mol. The fraction of sp³-hybridized carbons (Fsp3) is 0.846. The van der Waals surface area contributed by atoms with Crippen LogP contribution in [0.1, 0.15) is 45.4 Å². The number of unbranched alkanes of at least 4 members (excludes halogenated alkanes) is 3. The third-order valence-corrected chi connectivity index (χ3v) is 2.50. The Labute approximate surface area is 99.8 Å². The van der Waals surface area contributed by atoms with Gasteiger partial charge in [-0.2, -0.15) is 0 Å². The van der Waals surface area contributed by atoms with Crippen LogP contribution in [-0.4, -0.2) is 41.4 Å². The van der Waals surface area contributed by atoms with E-state index in [2.05, 4.69) is 24.1 Å². The maximum absolute atomic E-state index is 8.78. The first-order valence-electron chi connectivity index (χ1n) is 6.47. The van der Waals surface area contributed by atoms with E-state index in [1.165, 1.54) is 19.3 Å². The van der Waals surface area contributed by atoms with Crippen LogP contribution in [-0.2, 0) is 0 Å². The summed E-state index contributed by atoms with van der Waals surface area (Å²) in [4.78, 5) is 2.18. The summed E-state index contributed by atoms with van der Waals surface area (Å²) < 4.78 is 0. The molecule has 0 aliphatic carbocycles. The minimum absolute atomic E-state index is 0.235. The molecular weight excluding hydrogens is 202 g/mol. The van der Waals surface area contributed by atoms with E-state index in [9.17, 15) is 0 Å². The maximum Gasteiger partial charge on any atom is 0.0447 e. The number of hydrogen-bond acceptors (Lipinski definition) is 3. The Bertz CT molecular complexity index is 152. The molecule has 0 bridgehead atoms.